The van der Waals surface area contributed by atoms with Crippen molar-refractivity contribution >= 4 is 17.5 Å². The van der Waals surface area contributed by atoms with E-state index >= 15 is 0 Å². The van der Waals surface area contributed by atoms with E-state index in [0.717, 1.165) is 0 Å². The van der Waals surface area contributed by atoms with Crippen LogP contribution in [0, 0.1) is 5.92 Å². The van der Waals surface area contributed by atoms with Crippen LogP contribution in [0.4, 0.5) is 0 Å². The molecule has 0 aromatic heterocycles. The molecule has 17 heavy (non-hydrogen) atoms. The third kappa shape index (κ3) is 1.98. The number of carbonyl (C=O) groups excluding carboxylic acids is 2. The van der Waals surface area contributed by atoms with Crippen molar-refractivity contribution in [3.8, 4) is 0 Å². The second-order valence-corrected chi connectivity index (χ2v) is 3.93. The van der Waals surface area contributed by atoms with E-state index < -0.39 is 18.0 Å². The molecule has 2 rings (SSSR count). The number of hydrogen-bond acceptors (Lipinski definition) is 4. The lowest BCUT2D eigenvalue weighted by molar-refractivity contribution is -0.143. The van der Waals surface area contributed by atoms with Gasteiger partial charge in [-0.1, -0.05) is 30.3 Å². The Morgan fingerprint density at radius 2 is 1.88 bits per heavy atom. The van der Waals surface area contributed by atoms with Crippen molar-refractivity contribution in [3.05, 3.63) is 35.9 Å². The zero-order chi connectivity index (χ0) is 12.4. The molecule has 1 saturated heterocycles. The largest absolute Gasteiger partial charge is 0.449 e. The Labute approximate surface area is 99.3 Å². The number of ether oxygens (including phenoxy) is 1. The van der Waals surface area contributed by atoms with Crippen LogP contribution in [0.25, 0.3) is 0 Å². The molecule has 1 aliphatic rings. The molecule has 1 aromatic carbocycles. The topological polar surface area (TPSA) is 55.7 Å². The lowest BCUT2D eigenvalue weighted by Gasteiger charge is -2.07. The van der Waals surface area contributed by atoms with E-state index in [1.54, 1.807) is 26.1 Å². The number of aliphatic imine (C=N–C) groups is 1. The maximum Gasteiger partial charge on any atom is 0.323 e. The Balaban J connectivity index is 2.31. The van der Waals surface area contributed by atoms with Gasteiger partial charge in [-0.15, -0.1) is 0 Å². The lowest BCUT2D eigenvalue weighted by Crippen LogP contribution is -2.24. The van der Waals surface area contributed by atoms with Crippen LogP contribution >= 0.6 is 0 Å². The predicted molar refractivity (Wildman–Crippen MR) is 62.8 cm³/mol. The molecule has 1 aromatic rings. The number of ketones is 1. The van der Waals surface area contributed by atoms with Crippen LogP contribution in [0.3, 0.4) is 0 Å². The van der Waals surface area contributed by atoms with E-state index in [9.17, 15) is 9.59 Å². The first-order valence-corrected chi connectivity index (χ1v) is 5.37. The average Bonchev–Trinajstić information content (AvgIpc) is 2.65. The number of cyclic esters (lactones) is 1. The van der Waals surface area contributed by atoms with Crippen molar-refractivity contribution in [2.24, 2.45) is 10.9 Å². The lowest BCUT2D eigenvalue weighted by atomic mass is 9.95. The summed E-state index contributed by atoms with van der Waals surface area (Å²) in [6.07, 6.45) is -0.787. The molecule has 1 fully saturated rings. The quantitative estimate of drug-likeness (QED) is 0.441. The zero-order valence-corrected chi connectivity index (χ0v) is 9.71. The zero-order valence-electron chi connectivity index (χ0n) is 9.71. The predicted octanol–water partition coefficient (Wildman–Crippen LogP) is 1.56. The summed E-state index contributed by atoms with van der Waals surface area (Å²) in [6.45, 7) is 1.66. The molecular formula is C13H13NO3. The summed E-state index contributed by atoms with van der Waals surface area (Å²) in [5, 5.41) is 0. The summed E-state index contributed by atoms with van der Waals surface area (Å²) in [5.41, 5.74) is 1.20. The van der Waals surface area contributed by atoms with Crippen molar-refractivity contribution in [3.63, 3.8) is 0 Å². The van der Waals surface area contributed by atoms with E-state index in [1.165, 1.54) is 0 Å². The Hall–Kier alpha value is -1.97. The standard InChI is InChI=1S/C13H13NO3/c1-8(14-2)10-11(15)12(17-13(10)16)9-6-4-3-5-7-9/h3-7,10,12H,1-2H3/t10?,12-/m1/s1. The summed E-state index contributed by atoms with van der Waals surface area (Å²) in [4.78, 5) is 27.6. The first-order chi connectivity index (χ1) is 8.15. The minimum absolute atomic E-state index is 0.232. The second-order valence-electron chi connectivity index (χ2n) is 3.93. The van der Waals surface area contributed by atoms with Crippen LogP contribution in [-0.4, -0.2) is 24.5 Å². The third-order valence-electron chi connectivity index (χ3n) is 2.89. The minimum Gasteiger partial charge on any atom is -0.449 e. The molecule has 0 radical (unpaired) electrons. The summed E-state index contributed by atoms with van der Waals surface area (Å²) >= 11 is 0. The van der Waals surface area contributed by atoms with Gasteiger partial charge in [-0.05, 0) is 6.92 Å². The Bertz CT molecular complexity index is 479. The van der Waals surface area contributed by atoms with Crippen molar-refractivity contribution in [2.45, 2.75) is 13.0 Å². The van der Waals surface area contributed by atoms with Gasteiger partial charge in [0.25, 0.3) is 0 Å². The summed E-state index contributed by atoms with van der Waals surface area (Å²) < 4.78 is 5.13. The van der Waals surface area contributed by atoms with Crippen molar-refractivity contribution < 1.29 is 14.3 Å². The summed E-state index contributed by atoms with van der Waals surface area (Å²) in [5.74, 6) is -1.58. The van der Waals surface area contributed by atoms with Gasteiger partial charge in [-0.2, -0.15) is 0 Å². The number of rotatable bonds is 2. The van der Waals surface area contributed by atoms with Gasteiger partial charge in [0.15, 0.2) is 17.8 Å². The highest BCUT2D eigenvalue weighted by molar-refractivity contribution is 6.22. The van der Waals surface area contributed by atoms with Gasteiger partial charge in [0, 0.05) is 18.3 Å². The Kier molecular flexibility index (Phi) is 3.04. The van der Waals surface area contributed by atoms with E-state index in [1.807, 2.05) is 18.2 Å². The average molecular weight is 231 g/mol. The maximum atomic E-state index is 12.1. The highest BCUT2D eigenvalue weighted by Gasteiger charge is 2.45. The number of esters is 1. The molecular weight excluding hydrogens is 218 g/mol. The van der Waals surface area contributed by atoms with Crippen LogP contribution in [0.15, 0.2) is 35.3 Å². The first-order valence-electron chi connectivity index (χ1n) is 5.37. The normalized spacial score (nSPS) is 24.9. The van der Waals surface area contributed by atoms with E-state index in [4.69, 9.17) is 4.74 Å². The number of hydrogen-bond donors (Lipinski definition) is 0. The molecule has 2 atom stereocenters. The number of Topliss-reactive ketones (excluding diaryl/α,β-unsaturated/α-hetero) is 1. The summed E-state index contributed by atoms with van der Waals surface area (Å²) in [7, 11) is 1.56. The first kappa shape index (κ1) is 11.5. The second kappa shape index (κ2) is 4.49. The fourth-order valence-electron chi connectivity index (χ4n) is 1.88. The third-order valence-corrected chi connectivity index (χ3v) is 2.89. The molecule has 0 saturated carbocycles. The molecule has 0 spiro atoms. The van der Waals surface area contributed by atoms with E-state index in [-0.39, 0.29) is 5.78 Å². The summed E-state index contributed by atoms with van der Waals surface area (Å²) in [6, 6.07) is 9.02. The smallest absolute Gasteiger partial charge is 0.323 e. The SMILES string of the molecule is CN=C(C)C1C(=O)O[C@H](c2ccccc2)C1=O. The molecule has 4 nitrogen and oxygen atoms in total. The molecule has 0 aliphatic carbocycles. The van der Waals surface area contributed by atoms with Crippen LogP contribution < -0.4 is 0 Å². The molecule has 0 N–H and O–H groups in total. The minimum atomic E-state index is -0.842. The van der Waals surface area contributed by atoms with Crippen molar-refractivity contribution in [1.29, 1.82) is 0 Å². The molecule has 1 aliphatic heterocycles. The highest BCUT2D eigenvalue weighted by atomic mass is 16.6. The molecule has 0 bridgehead atoms. The fourth-order valence-corrected chi connectivity index (χ4v) is 1.88. The van der Waals surface area contributed by atoms with Gasteiger partial charge in [-0.3, -0.25) is 14.6 Å². The number of carbonyl (C=O) groups is 2. The van der Waals surface area contributed by atoms with Crippen LogP contribution in [0.2, 0.25) is 0 Å². The van der Waals surface area contributed by atoms with Crippen molar-refractivity contribution in [2.75, 3.05) is 7.05 Å². The van der Waals surface area contributed by atoms with Crippen LogP contribution in [0.5, 0.6) is 0 Å². The number of benzene rings is 1. The number of nitrogens with zero attached hydrogens (tertiary/aromatic N) is 1. The molecule has 88 valence electrons. The van der Waals surface area contributed by atoms with Gasteiger partial charge in [0.1, 0.15) is 0 Å². The van der Waals surface area contributed by atoms with Gasteiger partial charge < -0.3 is 4.74 Å². The van der Waals surface area contributed by atoms with Gasteiger partial charge in [0.2, 0.25) is 0 Å². The van der Waals surface area contributed by atoms with Crippen molar-refractivity contribution in [1.82, 2.24) is 0 Å². The van der Waals surface area contributed by atoms with Crippen LogP contribution in [0.1, 0.15) is 18.6 Å². The Morgan fingerprint density at radius 1 is 1.24 bits per heavy atom. The Morgan fingerprint density at radius 3 is 2.47 bits per heavy atom. The molecule has 0 amide bonds. The van der Waals surface area contributed by atoms with Gasteiger partial charge >= 0.3 is 5.97 Å². The monoisotopic (exact) mass is 231 g/mol. The van der Waals surface area contributed by atoms with Crippen LogP contribution in [-0.2, 0) is 14.3 Å². The molecule has 1 heterocycles. The van der Waals surface area contributed by atoms with E-state index in [2.05, 4.69) is 4.99 Å². The van der Waals surface area contributed by atoms with Gasteiger partial charge in [-0.25, -0.2) is 0 Å². The van der Waals surface area contributed by atoms with Gasteiger partial charge in [0.05, 0.1) is 0 Å². The fraction of sp³-hybridized carbons (Fsp3) is 0.308. The molecule has 1 unspecified atom stereocenters. The maximum absolute atomic E-state index is 12.1. The van der Waals surface area contributed by atoms with E-state index in [0.29, 0.717) is 11.3 Å². The highest BCUT2D eigenvalue weighted by Crippen LogP contribution is 2.30. The molecule has 4 heteroatoms.